The highest BCUT2D eigenvalue weighted by Crippen LogP contribution is 2.54. The van der Waals surface area contributed by atoms with E-state index in [4.69, 9.17) is 9.40 Å². The van der Waals surface area contributed by atoms with E-state index in [1.54, 1.807) is 0 Å². The van der Waals surface area contributed by atoms with E-state index in [9.17, 15) is 11.8 Å². The fourth-order valence-electron chi connectivity index (χ4n) is 11.2. The Morgan fingerprint density at radius 1 is 0.448 bits per heavy atom. The van der Waals surface area contributed by atoms with Gasteiger partial charge in [-0.1, -0.05) is 152 Å². The van der Waals surface area contributed by atoms with Crippen LogP contribution in [0.5, 0.6) is 0 Å². The first kappa shape index (κ1) is 36.9. The molecule has 4 aromatic heterocycles. The van der Waals surface area contributed by atoms with Crippen LogP contribution in [-0.4, -0.2) is 14.1 Å². The molecule has 0 fully saturated rings. The van der Waals surface area contributed by atoms with Gasteiger partial charge in [-0.3, -0.25) is 4.98 Å². The van der Waals surface area contributed by atoms with Gasteiger partial charge in [0.05, 0.1) is 51.1 Å². The molecule has 10 aromatic carbocycles. The highest BCUT2D eigenvalue weighted by Gasteiger charge is 2.33. The quantitative estimate of drug-likeness (QED) is 0.128. The molecule has 14 aromatic rings. The third kappa shape index (κ3) is 4.99. The highest BCUT2D eigenvalue weighted by atomic mass is 16.3. The van der Waals surface area contributed by atoms with Gasteiger partial charge in [-0.15, -0.1) is 0 Å². The van der Waals surface area contributed by atoms with E-state index >= 15 is 0 Å². The lowest BCUT2D eigenvalue weighted by atomic mass is 9.88. The van der Waals surface area contributed by atoms with Gasteiger partial charge in [0, 0.05) is 60.4 Å². The number of para-hydroxylation sites is 2. The summed E-state index contributed by atoms with van der Waals surface area (Å²) in [5.41, 5.74) is 13.8. The minimum absolute atomic E-state index is 0.398. The van der Waals surface area contributed by atoms with Crippen molar-refractivity contribution in [1.29, 1.82) is 5.26 Å². The number of fused-ring (bicyclic) bond motifs is 9. The van der Waals surface area contributed by atoms with Crippen molar-refractivity contribution in [2.24, 2.45) is 0 Å². The van der Waals surface area contributed by atoms with Crippen LogP contribution in [0.4, 0.5) is 5.69 Å². The van der Waals surface area contributed by atoms with Crippen LogP contribution in [0.2, 0.25) is 0 Å². The molecule has 0 bridgehead atoms. The van der Waals surface area contributed by atoms with E-state index in [-0.39, 0.29) is 0 Å². The Balaban J connectivity index is 1.22. The zero-order valence-electron chi connectivity index (χ0n) is 35.7. The molecule has 0 unspecified atom stereocenters. The lowest BCUT2D eigenvalue weighted by Gasteiger charge is -2.25. The lowest BCUT2D eigenvalue weighted by Crippen LogP contribution is -2.08. The molecule has 0 saturated carbocycles. The first-order valence-electron chi connectivity index (χ1n) is 22.3. The maximum Gasteiger partial charge on any atom is 0.220 e. The van der Waals surface area contributed by atoms with Crippen molar-refractivity contribution >= 4 is 92.9 Å². The maximum absolute atomic E-state index is 11.9. The van der Waals surface area contributed by atoms with E-state index in [2.05, 4.69) is 141 Å². The van der Waals surface area contributed by atoms with E-state index in [0.717, 1.165) is 115 Å². The van der Waals surface area contributed by atoms with Crippen molar-refractivity contribution in [2.45, 2.75) is 0 Å². The Kier molecular flexibility index (Phi) is 7.72. The lowest BCUT2D eigenvalue weighted by molar-refractivity contribution is 0.669. The number of hydrogen-bond donors (Lipinski definition) is 0. The molecule has 0 aliphatic carbocycles. The fraction of sp³-hybridized carbons (Fsp3) is 0. The molecule has 14 rings (SSSR count). The molecule has 6 heteroatoms. The zero-order chi connectivity index (χ0) is 44.3. The van der Waals surface area contributed by atoms with Gasteiger partial charge in [0.25, 0.3) is 0 Å². The summed E-state index contributed by atoms with van der Waals surface area (Å²) in [6.45, 7) is 9.25. The van der Waals surface area contributed by atoms with Crippen LogP contribution in [-0.2, 0) is 0 Å². The van der Waals surface area contributed by atoms with Gasteiger partial charge in [-0.25, -0.2) is 4.85 Å². The van der Waals surface area contributed by atoms with Crippen molar-refractivity contribution in [3.8, 4) is 50.8 Å². The van der Waals surface area contributed by atoms with Gasteiger partial charge >= 0.3 is 0 Å². The van der Waals surface area contributed by atoms with Crippen LogP contribution < -0.4 is 0 Å². The summed E-state index contributed by atoms with van der Waals surface area (Å²) in [4.78, 5) is 9.46. The van der Waals surface area contributed by atoms with Crippen molar-refractivity contribution < 1.29 is 4.42 Å². The number of rotatable bonds is 5. The predicted molar refractivity (Wildman–Crippen MR) is 274 cm³/mol. The van der Waals surface area contributed by atoms with Crippen LogP contribution in [0.1, 0.15) is 5.56 Å². The van der Waals surface area contributed by atoms with Gasteiger partial charge in [-0.05, 0) is 70.1 Å². The van der Waals surface area contributed by atoms with Gasteiger partial charge in [0.1, 0.15) is 17.2 Å². The van der Waals surface area contributed by atoms with E-state index in [1.165, 1.54) is 0 Å². The molecule has 0 aliphatic heterocycles. The number of nitrogens with zero attached hydrogens (tertiary/aromatic N) is 5. The van der Waals surface area contributed by atoms with Crippen molar-refractivity contribution in [1.82, 2.24) is 14.1 Å². The maximum atomic E-state index is 11.9. The Bertz CT molecular complexity index is 4380. The second-order valence-electron chi connectivity index (χ2n) is 17.1. The van der Waals surface area contributed by atoms with E-state index < -0.39 is 0 Å². The molecule has 4 heterocycles. The van der Waals surface area contributed by atoms with Crippen LogP contribution in [0, 0.1) is 17.9 Å². The average molecular weight is 852 g/mol. The minimum atomic E-state index is 0.398. The van der Waals surface area contributed by atoms with E-state index in [1.807, 2.05) is 79.0 Å². The topological polar surface area (TPSA) is 64.0 Å². The standard InChI is InChI=1S/C61H33N5O/c1-63-59-52(36-17-4-2-5-18-36)45(35-62)60(65-46-28-10-8-21-42(46)54-38(23-12-29-47(54)65)39-25-15-33-51-55(39)43-22-9-11-32-50(43)67-51)53(37-19-6-3-7-20-37)61(59)66-48-30-13-24-40-41-27-16-34-64-58(41)44-26-14-31-49(66)57(44)56(40)48/h2-34H. The molecule has 0 aliphatic rings. The molecule has 6 nitrogen and oxygen atoms in total. The zero-order valence-corrected chi connectivity index (χ0v) is 35.7. The van der Waals surface area contributed by atoms with Crippen molar-refractivity contribution in [3.63, 3.8) is 0 Å². The fourth-order valence-corrected chi connectivity index (χ4v) is 11.2. The normalized spacial score (nSPS) is 11.9. The van der Waals surface area contributed by atoms with Crippen LogP contribution in [0.3, 0.4) is 0 Å². The predicted octanol–water partition coefficient (Wildman–Crippen LogP) is 16.3. The summed E-state index contributed by atoms with van der Waals surface area (Å²) in [5.74, 6) is 0. The van der Waals surface area contributed by atoms with Crippen molar-refractivity contribution in [2.75, 3.05) is 0 Å². The summed E-state index contributed by atoms with van der Waals surface area (Å²) < 4.78 is 11.0. The molecule has 0 saturated heterocycles. The number of furan rings is 1. The third-order valence-corrected chi connectivity index (χ3v) is 13.8. The van der Waals surface area contributed by atoms with E-state index in [0.29, 0.717) is 28.2 Å². The molecular weight excluding hydrogens is 819 g/mol. The molecule has 0 amide bonds. The minimum Gasteiger partial charge on any atom is -0.456 e. The summed E-state index contributed by atoms with van der Waals surface area (Å²) in [7, 11) is 0. The number of benzene rings is 10. The second-order valence-corrected chi connectivity index (χ2v) is 17.1. The second kappa shape index (κ2) is 14.0. The summed E-state index contributed by atoms with van der Waals surface area (Å²) in [6.07, 6.45) is 1.86. The molecule has 0 N–H and O–H groups in total. The van der Waals surface area contributed by atoms with Crippen LogP contribution in [0.25, 0.3) is 137 Å². The first-order valence-corrected chi connectivity index (χ1v) is 22.3. The largest absolute Gasteiger partial charge is 0.456 e. The average Bonchev–Trinajstić information content (AvgIpc) is 4.06. The van der Waals surface area contributed by atoms with Gasteiger partial charge in [0.2, 0.25) is 5.69 Å². The monoisotopic (exact) mass is 851 g/mol. The van der Waals surface area contributed by atoms with Crippen LogP contribution >= 0.6 is 0 Å². The molecule has 0 atom stereocenters. The Labute approximate surface area is 383 Å². The smallest absolute Gasteiger partial charge is 0.220 e. The summed E-state index contributed by atoms with van der Waals surface area (Å²) in [5, 5.41) is 21.5. The molecule has 0 spiro atoms. The first-order chi connectivity index (χ1) is 33.2. The number of pyridine rings is 1. The molecule has 308 valence electrons. The SMILES string of the molecule is [C-]#[N+]c1c(-c2ccccc2)c(C#N)c(-n2c3ccccc3c3c(-c4cccc5oc6ccccc6c45)cccc32)c(-c2ccccc2)c1-n1c2cccc3c4cccnc4c4cccc1c4c32. The van der Waals surface area contributed by atoms with Crippen molar-refractivity contribution in [3.05, 3.63) is 217 Å². The summed E-state index contributed by atoms with van der Waals surface area (Å²) in [6, 6.07) is 69.5. The highest BCUT2D eigenvalue weighted by molar-refractivity contribution is 6.34. The van der Waals surface area contributed by atoms with Gasteiger partial charge in [0.15, 0.2) is 0 Å². The summed E-state index contributed by atoms with van der Waals surface area (Å²) >= 11 is 0. The number of aromatic nitrogens is 3. The molecule has 67 heavy (non-hydrogen) atoms. The Hall–Kier alpha value is -9.49. The number of hydrogen-bond acceptors (Lipinski definition) is 3. The van der Waals surface area contributed by atoms with Crippen LogP contribution in [0.15, 0.2) is 205 Å². The van der Waals surface area contributed by atoms with Gasteiger partial charge < -0.3 is 13.6 Å². The molecule has 0 radical (unpaired) electrons. The number of nitriles is 1. The molecular formula is C61H33N5O. The Morgan fingerprint density at radius 3 is 1.73 bits per heavy atom. The third-order valence-electron chi connectivity index (χ3n) is 13.8. The van der Waals surface area contributed by atoms with Gasteiger partial charge in [-0.2, -0.15) is 5.26 Å². The Morgan fingerprint density at radius 2 is 0.985 bits per heavy atom.